The van der Waals surface area contributed by atoms with Gasteiger partial charge in [0.25, 0.3) is 0 Å². The van der Waals surface area contributed by atoms with Crippen LogP contribution in [-0.2, 0) is 11.2 Å². The minimum absolute atomic E-state index is 0.0938. The normalized spacial score (nSPS) is 21.7. The van der Waals surface area contributed by atoms with Crippen molar-refractivity contribution in [1.29, 1.82) is 0 Å². The van der Waals surface area contributed by atoms with Crippen LogP contribution >= 0.6 is 11.6 Å². The fourth-order valence-electron chi connectivity index (χ4n) is 4.22. The van der Waals surface area contributed by atoms with Crippen molar-refractivity contribution in [2.45, 2.75) is 52.4 Å². The van der Waals surface area contributed by atoms with Crippen molar-refractivity contribution in [2.75, 3.05) is 6.54 Å². The number of carbonyl (C=O) groups is 1. The molecule has 2 aliphatic rings. The number of hydrazone groups is 1. The minimum Gasteiger partial charge on any atom is -0.273 e. The lowest BCUT2D eigenvalue weighted by Gasteiger charge is -2.29. The molecule has 0 N–H and O–H groups in total. The van der Waals surface area contributed by atoms with Gasteiger partial charge in [0, 0.05) is 30.6 Å². The molecule has 1 atom stereocenters. The second-order valence-electron chi connectivity index (χ2n) is 7.57. The molecule has 26 heavy (non-hydrogen) atoms. The van der Waals surface area contributed by atoms with Crippen LogP contribution in [0.15, 0.2) is 23.4 Å². The highest BCUT2D eigenvalue weighted by molar-refractivity contribution is 6.30. The van der Waals surface area contributed by atoms with Crippen molar-refractivity contribution in [1.82, 2.24) is 14.6 Å². The molecule has 0 bridgehead atoms. The monoisotopic (exact) mass is 372 g/mol. The Balaban J connectivity index is 1.77. The Kier molecular flexibility index (Phi) is 4.74. The van der Waals surface area contributed by atoms with E-state index in [0.29, 0.717) is 17.4 Å². The van der Waals surface area contributed by atoms with Gasteiger partial charge in [0.2, 0.25) is 5.91 Å². The van der Waals surface area contributed by atoms with Gasteiger partial charge < -0.3 is 0 Å². The third kappa shape index (κ3) is 3.13. The second kappa shape index (κ2) is 7.03. The van der Waals surface area contributed by atoms with Crippen LogP contribution in [0.5, 0.6) is 0 Å². The van der Waals surface area contributed by atoms with Gasteiger partial charge in [-0.15, -0.1) is 0 Å². The Bertz CT molecular complexity index is 866. The number of halogens is 1. The number of hydrogen-bond donors (Lipinski definition) is 0. The third-order valence-electron chi connectivity index (χ3n) is 5.63. The number of amides is 1. The zero-order valence-corrected chi connectivity index (χ0v) is 16.2. The Morgan fingerprint density at radius 3 is 2.77 bits per heavy atom. The van der Waals surface area contributed by atoms with Crippen molar-refractivity contribution < 1.29 is 4.79 Å². The molecule has 1 unspecified atom stereocenters. The number of fused-ring (bicyclic) bond motifs is 1. The average molecular weight is 373 g/mol. The average Bonchev–Trinajstić information content (AvgIpc) is 3.24. The van der Waals surface area contributed by atoms with E-state index in [0.717, 1.165) is 35.5 Å². The third-order valence-corrected chi connectivity index (χ3v) is 5.85. The molecule has 2 aromatic rings. The fourth-order valence-corrected chi connectivity index (χ4v) is 4.38. The standard InChI is InChI=1S/C20H25ClN4O/c1-3-16-19(17-9-8-15(21)12-24(17)22-16)20-13(2)10-18(26)25(23-20)11-14-6-4-5-7-14/h8-9,12-14H,3-7,10-11H2,1-2H3. The molecule has 6 heteroatoms. The summed E-state index contributed by atoms with van der Waals surface area (Å²) in [5, 5.41) is 11.9. The zero-order valence-electron chi connectivity index (χ0n) is 15.4. The predicted octanol–water partition coefficient (Wildman–Crippen LogP) is 4.31. The number of carbonyl (C=O) groups excluding carboxylic acids is 1. The molecule has 5 nitrogen and oxygen atoms in total. The van der Waals surface area contributed by atoms with E-state index < -0.39 is 0 Å². The summed E-state index contributed by atoms with van der Waals surface area (Å²) in [6.45, 7) is 4.94. The first kappa shape index (κ1) is 17.5. The maximum Gasteiger partial charge on any atom is 0.243 e. The van der Waals surface area contributed by atoms with E-state index in [4.69, 9.17) is 21.8 Å². The molecule has 138 valence electrons. The summed E-state index contributed by atoms with van der Waals surface area (Å²) in [6, 6.07) is 3.88. The summed E-state index contributed by atoms with van der Waals surface area (Å²) in [6.07, 6.45) is 8.12. The maximum absolute atomic E-state index is 12.6. The molecule has 1 saturated carbocycles. The lowest BCUT2D eigenvalue weighted by Crippen LogP contribution is -2.38. The van der Waals surface area contributed by atoms with Gasteiger partial charge in [-0.1, -0.05) is 38.3 Å². The van der Waals surface area contributed by atoms with E-state index in [9.17, 15) is 4.79 Å². The number of rotatable bonds is 4. The second-order valence-corrected chi connectivity index (χ2v) is 8.01. The van der Waals surface area contributed by atoms with Crippen molar-refractivity contribution in [2.24, 2.45) is 16.9 Å². The van der Waals surface area contributed by atoms with Crippen molar-refractivity contribution >= 4 is 28.7 Å². The van der Waals surface area contributed by atoms with Crippen molar-refractivity contribution in [3.63, 3.8) is 0 Å². The van der Waals surface area contributed by atoms with Gasteiger partial charge in [-0.3, -0.25) is 4.79 Å². The summed E-state index contributed by atoms with van der Waals surface area (Å²) in [4.78, 5) is 12.6. The van der Waals surface area contributed by atoms with E-state index >= 15 is 0 Å². The highest BCUT2D eigenvalue weighted by Gasteiger charge is 2.32. The SMILES string of the molecule is CCc1nn2cc(Cl)ccc2c1C1=NN(CC2CCCC2)C(=O)CC1C. The topological polar surface area (TPSA) is 50.0 Å². The largest absolute Gasteiger partial charge is 0.273 e. The number of aromatic nitrogens is 2. The minimum atomic E-state index is 0.0938. The Labute approximate surface area is 159 Å². The molecule has 3 heterocycles. The van der Waals surface area contributed by atoms with Crippen LogP contribution in [0.4, 0.5) is 0 Å². The molecule has 0 aromatic carbocycles. The smallest absolute Gasteiger partial charge is 0.243 e. The van der Waals surface area contributed by atoms with Crippen LogP contribution < -0.4 is 0 Å². The van der Waals surface area contributed by atoms with Gasteiger partial charge in [0.05, 0.1) is 21.9 Å². The molecule has 1 fully saturated rings. The summed E-state index contributed by atoms with van der Waals surface area (Å²) >= 11 is 6.13. The number of aryl methyl sites for hydroxylation is 1. The van der Waals surface area contributed by atoms with Crippen LogP contribution in [-0.4, -0.2) is 32.8 Å². The molecule has 1 aliphatic heterocycles. The highest BCUT2D eigenvalue weighted by Crippen LogP contribution is 2.30. The molecule has 1 amide bonds. The van der Waals surface area contributed by atoms with Gasteiger partial charge in [0.15, 0.2) is 0 Å². The zero-order chi connectivity index (χ0) is 18.3. The van der Waals surface area contributed by atoms with Crippen LogP contribution in [0, 0.1) is 11.8 Å². The van der Waals surface area contributed by atoms with Crippen molar-refractivity contribution in [3.05, 3.63) is 34.6 Å². The summed E-state index contributed by atoms with van der Waals surface area (Å²) in [5.41, 5.74) is 4.07. The van der Waals surface area contributed by atoms with E-state index in [-0.39, 0.29) is 11.8 Å². The molecular formula is C20H25ClN4O. The predicted molar refractivity (Wildman–Crippen MR) is 104 cm³/mol. The fraction of sp³-hybridized carbons (Fsp3) is 0.550. The Hall–Kier alpha value is -1.88. The molecule has 2 aromatic heterocycles. The first-order valence-corrected chi connectivity index (χ1v) is 10.0. The molecule has 4 rings (SSSR count). The summed E-state index contributed by atoms with van der Waals surface area (Å²) < 4.78 is 1.84. The van der Waals surface area contributed by atoms with Gasteiger partial charge in [-0.05, 0) is 37.3 Å². The van der Waals surface area contributed by atoms with E-state index in [1.54, 1.807) is 5.01 Å². The molecule has 0 spiro atoms. The van der Waals surface area contributed by atoms with Crippen LogP contribution in [0.25, 0.3) is 5.52 Å². The van der Waals surface area contributed by atoms with E-state index in [1.807, 2.05) is 22.8 Å². The van der Waals surface area contributed by atoms with Crippen molar-refractivity contribution in [3.8, 4) is 0 Å². The van der Waals surface area contributed by atoms with Gasteiger partial charge in [-0.25, -0.2) is 9.52 Å². The Morgan fingerprint density at radius 2 is 2.04 bits per heavy atom. The number of pyridine rings is 1. The molecule has 0 radical (unpaired) electrons. The van der Waals surface area contributed by atoms with Crippen LogP contribution in [0.2, 0.25) is 5.02 Å². The number of nitrogens with zero attached hydrogens (tertiary/aromatic N) is 4. The summed E-state index contributed by atoms with van der Waals surface area (Å²) in [7, 11) is 0. The van der Waals surface area contributed by atoms with Crippen LogP contribution in [0.1, 0.15) is 57.2 Å². The molecule has 0 saturated heterocycles. The van der Waals surface area contributed by atoms with E-state index in [2.05, 4.69) is 13.8 Å². The van der Waals surface area contributed by atoms with Gasteiger partial charge >= 0.3 is 0 Å². The lowest BCUT2D eigenvalue weighted by molar-refractivity contribution is -0.133. The first-order chi connectivity index (χ1) is 12.6. The lowest BCUT2D eigenvalue weighted by atomic mass is 9.92. The van der Waals surface area contributed by atoms with E-state index in [1.165, 1.54) is 25.7 Å². The summed E-state index contributed by atoms with van der Waals surface area (Å²) in [5.74, 6) is 0.827. The quantitative estimate of drug-likeness (QED) is 0.802. The van der Waals surface area contributed by atoms with Gasteiger partial charge in [0.1, 0.15) is 0 Å². The molecule has 1 aliphatic carbocycles. The van der Waals surface area contributed by atoms with Gasteiger partial charge in [-0.2, -0.15) is 10.2 Å². The molecular weight excluding hydrogens is 348 g/mol. The first-order valence-electron chi connectivity index (χ1n) is 9.62. The Morgan fingerprint density at radius 1 is 1.27 bits per heavy atom. The number of hydrogen-bond acceptors (Lipinski definition) is 3. The highest BCUT2D eigenvalue weighted by atomic mass is 35.5. The van der Waals surface area contributed by atoms with Crippen LogP contribution in [0.3, 0.4) is 0 Å². The maximum atomic E-state index is 12.6.